The second-order valence-corrected chi connectivity index (χ2v) is 18.2. The lowest BCUT2D eigenvalue weighted by atomic mass is 10.9. The van der Waals surface area contributed by atoms with Gasteiger partial charge in [-0.05, 0) is 32.2 Å². The van der Waals surface area contributed by atoms with E-state index in [1.54, 1.807) is 0 Å². The molecular formula is C8H25O4Si5. The normalized spacial score (nSPS) is 40.1. The fourth-order valence-corrected chi connectivity index (χ4v) is 19.6. The highest BCUT2D eigenvalue weighted by atomic mass is 28.5. The molecule has 1 fully saturated rings. The third-order valence-corrected chi connectivity index (χ3v) is 18.4. The molecule has 1 aliphatic heterocycles. The zero-order chi connectivity index (χ0) is 13.1. The zero-order valence-electron chi connectivity index (χ0n) is 11.8. The fraction of sp³-hybridized carbons (Fsp3) is 1.00. The maximum absolute atomic E-state index is 6.21. The predicted octanol–water partition coefficient (Wildman–Crippen LogP) is 1.44. The van der Waals surface area contributed by atoms with Gasteiger partial charge in [-0.3, -0.25) is 0 Å². The Morgan fingerprint density at radius 2 is 1.41 bits per heavy atom. The molecule has 2 unspecified atom stereocenters. The van der Waals surface area contributed by atoms with Gasteiger partial charge in [0.25, 0.3) is 27.9 Å². The molecule has 0 saturated carbocycles. The second kappa shape index (κ2) is 6.91. The topological polar surface area (TPSA) is 36.9 Å². The lowest BCUT2D eigenvalue weighted by molar-refractivity contribution is 0.275. The molecule has 0 aromatic heterocycles. The van der Waals surface area contributed by atoms with E-state index in [1.165, 1.54) is 6.04 Å². The van der Waals surface area contributed by atoms with E-state index in [0.717, 1.165) is 6.04 Å². The third kappa shape index (κ3) is 6.07. The molecule has 9 heteroatoms. The summed E-state index contributed by atoms with van der Waals surface area (Å²) in [6.45, 7) is 13.1. The summed E-state index contributed by atoms with van der Waals surface area (Å²) >= 11 is 0. The summed E-state index contributed by atoms with van der Waals surface area (Å²) in [6.07, 6.45) is 0. The summed E-state index contributed by atoms with van der Waals surface area (Å²) in [6, 6.07) is 2.37. The van der Waals surface area contributed by atoms with Crippen LogP contribution in [0.3, 0.4) is 0 Å². The van der Waals surface area contributed by atoms with E-state index < -0.39 is 36.4 Å². The lowest BCUT2D eigenvalue weighted by Crippen LogP contribution is -2.53. The Hall–Kier alpha value is 0.924. The van der Waals surface area contributed by atoms with Gasteiger partial charge in [0.15, 0.2) is 0 Å². The predicted molar refractivity (Wildman–Crippen MR) is 82.1 cm³/mol. The standard InChI is InChI=1S/C8H25O4Si5/c1-13(2)7-8-17(6)11-15(4)9-14(3)10-16(5)12-17/h14-16H,7-8H2,1-6H3. The molecule has 0 amide bonds. The average molecular weight is 326 g/mol. The van der Waals surface area contributed by atoms with Crippen LogP contribution in [0.4, 0.5) is 0 Å². The highest BCUT2D eigenvalue weighted by Crippen LogP contribution is 2.22. The molecule has 1 radical (unpaired) electrons. The Morgan fingerprint density at radius 3 is 1.82 bits per heavy atom. The molecule has 1 aliphatic rings. The SMILES string of the molecule is C[Si](C)CC[Si]1(C)O[SiH](C)O[SiH](C)O[SiH](C)O1. The van der Waals surface area contributed by atoms with E-state index in [4.69, 9.17) is 16.5 Å². The van der Waals surface area contributed by atoms with Gasteiger partial charge in [0, 0.05) is 8.80 Å². The van der Waals surface area contributed by atoms with Crippen molar-refractivity contribution in [2.24, 2.45) is 0 Å². The first kappa shape index (κ1) is 16.0. The molecule has 2 atom stereocenters. The molecule has 0 N–H and O–H groups in total. The van der Waals surface area contributed by atoms with Crippen LogP contribution in [0.25, 0.3) is 0 Å². The maximum atomic E-state index is 6.21. The Morgan fingerprint density at radius 1 is 0.941 bits per heavy atom. The summed E-state index contributed by atoms with van der Waals surface area (Å²) in [5.41, 5.74) is 0. The van der Waals surface area contributed by atoms with Crippen LogP contribution in [0.1, 0.15) is 0 Å². The van der Waals surface area contributed by atoms with Gasteiger partial charge in [0.1, 0.15) is 0 Å². The van der Waals surface area contributed by atoms with Crippen molar-refractivity contribution in [1.29, 1.82) is 0 Å². The molecule has 0 bridgehead atoms. The molecule has 1 saturated heterocycles. The first-order valence-corrected chi connectivity index (χ1v) is 17.8. The summed E-state index contributed by atoms with van der Waals surface area (Å²) in [5, 5.41) is 0. The lowest BCUT2D eigenvalue weighted by Gasteiger charge is -2.37. The van der Waals surface area contributed by atoms with E-state index >= 15 is 0 Å². The Bertz CT molecular complexity index is 228. The van der Waals surface area contributed by atoms with Gasteiger partial charge >= 0.3 is 8.56 Å². The Balaban J connectivity index is 2.61. The monoisotopic (exact) mass is 325 g/mol. The van der Waals surface area contributed by atoms with Gasteiger partial charge in [-0.15, -0.1) is 0 Å². The quantitative estimate of drug-likeness (QED) is 0.736. The van der Waals surface area contributed by atoms with Crippen molar-refractivity contribution in [1.82, 2.24) is 0 Å². The van der Waals surface area contributed by atoms with Crippen LogP contribution in [0.2, 0.25) is 51.4 Å². The molecule has 17 heavy (non-hydrogen) atoms. The molecule has 1 heterocycles. The van der Waals surface area contributed by atoms with Crippen molar-refractivity contribution in [3.8, 4) is 0 Å². The van der Waals surface area contributed by atoms with Crippen LogP contribution in [0.15, 0.2) is 0 Å². The number of hydrogen-bond donors (Lipinski definition) is 0. The molecule has 0 aromatic carbocycles. The minimum Gasteiger partial charge on any atom is -0.420 e. The van der Waals surface area contributed by atoms with Crippen molar-refractivity contribution < 1.29 is 16.5 Å². The Kier molecular flexibility index (Phi) is 6.49. The second-order valence-electron chi connectivity index (χ2n) is 5.05. The summed E-state index contributed by atoms with van der Waals surface area (Å²) in [7, 11) is -6.77. The van der Waals surface area contributed by atoms with Crippen LogP contribution in [-0.2, 0) is 16.5 Å². The summed E-state index contributed by atoms with van der Waals surface area (Å²) < 4.78 is 24.2. The van der Waals surface area contributed by atoms with Gasteiger partial charge in [0.05, 0.1) is 0 Å². The third-order valence-electron chi connectivity index (χ3n) is 2.68. The van der Waals surface area contributed by atoms with Crippen LogP contribution in [0.5, 0.6) is 0 Å². The van der Waals surface area contributed by atoms with Crippen LogP contribution in [-0.4, -0.2) is 45.2 Å². The van der Waals surface area contributed by atoms with E-state index in [9.17, 15) is 0 Å². The van der Waals surface area contributed by atoms with E-state index in [0.29, 0.717) is 0 Å². The van der Waals surface area contributed by atoms with Crippen molar-refractivity contribution in [2.45, 2.75) is 51.4 Å². The molecule has 4 nitrogen and oxygen atoms in total. The largest absolute Gasteiger partial charge is 0.420 e. The number of rotatable bonds is 3. The van der Waals surface area contributed by atoms with Gasteiger partial charge in [-0.25, -0.2) is 0 Å². The molecule has 0 spiro atoms. The minimum atomic E-state index is -2.02. The van der Waals surface area contributed by atoms with Crippen molar-refractivity contribution in [3.63, 3.8) is 0 Å². The van der Waals surface area contributed by atoms with Crippen molar-refractivity contribution in [3.05, 3.63) is 0 Å². The van der Waals surface area contributed by atoms with Crippen LogP contribution in [0, 0.1) is 0 Å². The highest BCUT2D eigenvalue weighted by Gasteiger charge is 2.39. The van der Waals surface area contributed by atoms with Crippen LogP contribution < -0.4 is 0 Å². The average Bonchev–Trinajstić information content (AvgIpc) is 2.11. The Labute approximate surface area is 113 Å². The van der Waals surface area contributed by atoms with Gasteiger partial charge in [-0.1, -0.05) is 19.1 Å². The molecule has 0 aliphatic carbocycles. The van der Waals surface area contributed by atoms with Gasteiger partial charge < -0.3 is 16.5 Å². The maximum Gasteiger partial charge on any atom is 0.316 e. The molecule has 101 valence electrons. The van der Waals surface area contributed by atoms with E-state index in [2.05, 4.69) is 39.3 Å². The molecular weight excluding hydrogens is 301 g/mol. The smallest absolute Gasteiger partial charge is 0.316 e. The van der Waals surface area contributed by atoms with Crippen LogP contribution >= 0.6 is 0 Å². The molecule has 1 rings (SSSR count). The van der Waals surface area contributed by atoms with Crippen molar-refractivity contribution in [2.75, 3.05) is 0 Å². The first-order valence-electron chi connectivity index (χ1n) is 6.26. The summed E-state index contributed by atoms with van der Waals surface area (Å²) in [5.74, 6) is 0. The van der Waals surface area contributed by atoms with Gasteiger partial charge in [0.2, 0.25) is 0 Å². The van der Waals surface area contributed by atoms with Crippen molar-refractivity contribution >= 4 is 45.2 Å². The first-order chi connectivity index (χ1) is 7.81. The van der Waals surface area contributed by atoms with E-state index in [1.807, 2.05) is 0 Å². The van der Waals surface area contributed by atoms with E-state index in [-0.39, 0.29) is 8.80 Å². The number of hydrogen-bond acceptors (Lipinski definition) is 4. The molecule has 0 aromatic rings. The zero-order valence-corrected chi connectivity index (χ0v) is 17.2. The highest BCUT2D eigenvalue weighted by molar-refractivity contribution is 6.81. The van der Waals surface area contributed by atoms with Gasteiger partial charge in [-0.2, -0.15) is 0 Å². The summed E-state index contributed by atoms with van der Waals surface area (Å²) in [4.78, 5) is 0. The fourth-order valence-electron chi connectivity index (χ4n) is 1.95. The minimum absolute atomic E-state index is 0.204.